The Bertz CT molecular complexity index is 486. The standard InChI is InChI=1S/C13H20ClNO2S/c1-2-3-4-5-6-9-18(16,17)13-8-7-11(15)10-12(13)14/h7-8,10H,2-6,9,15H2,1H3. The summed E-state index contributed by atoms with van der Waals surface area (Å²) in [7, 11) is -3.28. The lowest BCUT2D eigenvalue weighted by Crippen LogP contribution is -2.07. The number of halogens is 1. The fraction of sp³-hybridized carbons (Fsp3) is 0.538. The van der Waals surface area contributed by atoms with Gasteiger partial charge in [-0.2, -0.15) is 0 Å². The summed E-state index contributed by atoms with van der Waals surface area (Å²) in [4.78, 5) is 0.189. The number of benzene rings is 1. The second-order valence-corrected chi connectivity index (χ2v) is 6.91. The van der Waals surface area contributed by atoms with Crippen LogP contribution in [0.25, 0.3) is 0 Å². The first kappa shape index (κ1) is 15.3. The highest BCUT2D eigenvalue weighted by Gasteiger charge is 2.17. The smallest absolute Gasteiger partial charge is 0.179 e. The van der Waals surface area contributed by atoms with Crippen molar-refractivity contribution in [3.63, 3.8) is 0 Å². The molecule has 0 spiro atoms. The molecule has 1 aromatic rings. The molecule has 5 heteroatoms. The zero-order valence-corrected chi connectivity index (χ0v) is 12.2. The molecule has 0 aliphatic rings. The summed E-state index contributed by atoms with van der Waals surface area (Å²) in [6, 6.07) is 4.53. The van der Waals surface area contributed by atoms with Gasteiger partial charge >= 0.3 is 0 Å². The molecule has 1 rings (SSSR count). The van der Waals surface area contributed by atoms with Crippen molar-refractivity contribution in [2.75, 3.05) is 11.5 Å². The van der Waals surface area contributed by atoms with E-state index in [0.29, 0.717) is 12.1 Å². The van der Waals surface area contributed by atoms with Gasteiger partial charge in [0.2, 0.25) is 0 Å². The van der Waals surface area contributed by atoms with E-state index in [4.69, 9.17) is 17.3 Å². The molecule has 0 aliphatic heterocycles. The summed E-state index contributed by atoms with van der Waals surface area (Å²) in [6.45, 7) is 2.13. The minimum Gasteiger partial charge on any atom is -0.399 e. The van der Waals surface area contributed by atoms with Crippen LogP contribution in [0, 0.1) is 0 Å². The van der Waals surface area contributed by atoms with E-state index in [9.17, 15) is 8.42 Å². The number of unbranched alkanes of at least 4 members (excludes halogenated alkanes) is 4. The van der Waals surface area contributed by atoms with Gasteiger partial charge in [-0.3, -0.25) is 0 Å². The molecule has 2 N–H and O–H groups in total. The van der Waals surface area contributed by atoms with E-state index >= 15 is 0 Å². The number of nitrogens with two attached hydrogens (primary N) is 1. The fourth-order valence-electron chi connectivity index (χ4n) is 1.77. The van der Waals surface area contributed by atoms with Gasteiger partial charge in [0.15, 0.2) is 9.84 Å². The van der Waals surface area contributed by atoms with E-state index < -0.39 is 9.84 Å². The summed E-state index contributed by atoms with van der Waals surface area (Å²) in [6.07, 6.45) is 5.02. The monoisotopic (exact) mass is 289 g/mol. The quantitative estimate of drug-likeness (QED) is 0.615. The van der Waals surface area contributed by atoms with Gasteiger partial charge in [0.25, 0.3) is 0 Å². The average molecular weight is 290 g/mol. The Morgan fingerprint density at radius 3 is 2.44 bits per heavy atom. The Hall–Kier alpha value is -0.740. The maximum absolute atomic E-state index is 12.1. The minimum absolute atomic E-state index is 0.153. The van der Waals surface area contributed by atoms with Crippen LogP contribution in [-0.2, 0) is 9.84 Å². The molecule has 0 aromatic heterocycles. The van der Waals surface area contributed by atoms with Crippen LogP contribution in [0.3, 0.4) is 0 Å². The molecule has 0 radical (unpaired) electrons. The van der Waals surface area contributed by atoms with Crippen LogP contribution in [0.2, 0.25) is 5.02 Å². The van der Waals surface area contributed by atoms with Crippen molar-refractivity contribution in [2.45, 2.75) is 43.9 Å². The van der Waals surface area contributed by atoms with E-state index in [-0.39, 0.29) is 15.7 Å². The van der Waals surface area contributed by atoms with Crippen molar-refractivity contribution in [3.05, 3.63) is 23.2 Å². The largest absolute Gasteiger partial charge is 0.399 e. The van der Waals surface area contributed by atoms with Crippen LogP contribution in [0.1, 0.15) is 39.0 Å². The Morgan fingerprint density at radius 2 is 1.83 bits per heavy atom. The number of rotatable bonds is 7. The summed E-state index contributed by atoms with van der Waals surface area (Å²) in [5.41, 5.74) is 6.02. The van der Waals surface area contributed by atoms with Crippen molar-refractivity contribution >= 4 is 27.1 Å². The number of anilines is 1. The lowest BCUT2D eigenvalue weighted by molar-refractivity contribution is 0.587. The lowest BCUT2D eigenvalue weighted by atomic mass is 10.2. The van der Waals surface area contributed by atoms with E-state index in [2.05, 4.69) is 6.92 Å². The Morgan fingerprint density at radius 1 is 1.17 bits per heavy atom. The molecule has 0 unspecified atom stereocenters. The fourth-order valence-corrected chi connectivity index (χ4v) is 3.75. The van der Waals surface area contributed by atoms with Gasteiger partial charge < -0.3 is 5.73 Å². The Balaban J connectivity index is 2.63. The summed E-state index contributed by atoms with van der Waals surface area (Å²) >= 11 is 5.92. The van der Waals surface area contributed by atoms with Gasteiger partial charge in [0.1, 0.15) is 0 Å². The number of nitrogen functional groups attached to an aromatic ring is 1. The second-order valence-electron chi connectivity index (χ2n) is 4.42. The van der Waals surface area contributed by atoms with Gasteiger partial charge in [0, 0.05) is 5.69 Å². The molecule has 18 heavy (non-hydrogen) atoms. The first-order valence-corrected chi connectivity index (χ1v) is 8.28. The van der Waals surface area contributed by atoms with Gasteiger partial charge in [-0.05, 0) is 24.6 Å². The zero-order chi connectivity index (χ0) is 13.6. The molecule has 0 amide bonds. The van der Waals surface area contributed by atoms with E-state index in [1.165, 1.54) is 12.1 Å². The molecule has 102 valence electrons. The molecule has 1 aromatic carbocycles. The first-order valence-electron chi connectivity index (χ1n) is 6.25. The zero-order valence-electron chi connectivity index (χ0n) is 10.7. The number of hydrogen-bond donors (Lipinski definition) is 1. The van der Waals surface area contributed by atoms with Crippen LogP contribution < -0.4 is 5.73 Å². The molecular formula is C13H20ClNO2S. The maximum Gasteiger partial charge on any atom is 0.179 e. The van der Waals surface area contributed by atoms with Gasteiger partial charge in [0.05, 0.1) is 15.7 Å². The molecule has 0 aliphatic carbocycles. The van der Waals surface area contributed by atoms with Crippen molar-refractivity contribution in [2.24, 2.45) is 0 Å². The summed E-state index contributed by atoms with van der Waals surface area (Å²) in [5, 5.41) is 0.212. The van der Waals surface area contributed by atoms with Gasteiger partial charge in [-0.15, -0.1) is 0 Å². The molecule has 0 heterocycles. The third kappa shape index (κ3) is 4.50. The highest BCUT2D eigenvalue weighted by atomic mass is 35.5. The third-order valence-corrected chi connectivity index (χ3v) is 5.08. The molecular weight excluding hydrogens is 270 g/mol. The summed E-state index contributed by atoms with van der Waals surface area (Å²) in [5.74, 6) is 0.153. The van der Waals surface area contributed by atoms with Crippen LogP contribution in [0.15, 0.2) is 23.1 Å². The highest BCUT2D eigenvalue weighted by Crippen LogP contribution is 2.25. The SMILES string of the molecule is CCCCCCCS(=O)(=O)c1ccc(N)cc1Cl. The molecule has 0 bridgehead atoms. The van der Waals surface area contributed by atoms with Crippen molar-refractivity contribution in [1.82, 2.24) is 0 Å². The first-order chi connectivity index (χ1) is 8.47. The Labute approximate surface area is 114 Å². The van der Waals surface area contributed by atoms with E-state index in [1.807, 2.05) is 0 Å². The van der Waals surface area contributed by atoms with Crippen LogP contribution >= 0.6 is 11.6 Å². The molecule has 0 saturated carbocycles. The third-order valence-electron chi connectivity index (χ3n) is 2.81. The van der Waals surface area contributed by atoms with Gasteiger partial charge in [-0.25, -0.2) is 8.42 Å². The van der Waals surface area contributed by atoms with Crippen molar-refractivity contribution < 1.29 is 8.42 Å². The normalized spacial score (nSPS) is 11.7. The van der Waals surface area contributed by atoms with E-state index in [0.717, 1.165) is 25.7 Å². The van der Waals surface area contributed by atoms with Crippen molar-refractivity contribution in [3.8, 4) is 0 Å². The summed E-state index contributed by atoms with van der Waals surface area (Å²) < 4.78 is 24.1. The van der Waals surface area contributed by atoms with Crippen LogP contribution in [-0.4, -0.2) is 14.2 Å². The average Bonchev–Trinajstić information content (AvgIpc) is 2.28. The predicted molar refractivity (Wildman–Crippen MR) is 76.7 cm³/mol. The van der Waals surface area contributed by atoms with Gasteiger partial charge in [-0.1, -0.05) is 44.2 Å². The maximum atomic E-state index is 12.1. The molecule has 0 saturated heterocycles. The highest BCUT2D eigenvalue weighted by molar-refractivity contribution is 7.91. The predicted octanol–water partition coefficient (Wildman–Crippen LogP) is 3.67. The minimum atomic E-state index is -3.28. The van der Waals surface area contributed by atoms with Crippen LogP contribution in [0.4, 0.5) is 5.69 Å². The van der Waals surface area contributed by atoms with Crippen LogP contribution in [0.5, 0.6) is 0 Å². The van der Waals surface area contributed by atoms with Crippen molar-refractivity contribution in [1.29, 1.82) is 0 Å². The molecule has 3 nitrogen and oxygen atoms in total. The van der Waals surface area contributed by atoms with E-state index in [1.54, 1.807) is 6.07 Å². The topological polar surface area (TPSA) is 60.2 Å². The number of hydrogen-bond acceptors (Lipinski definition) is 3. The molecule has 0 fully saturated rings. The Kier molecular flexibility index (Phi) is 5.96. The molecule has 0 atom stereocenters. The second kappa shape index (κ2) is 7.00. The lowest BCUT2D eigenvalue weighted by Gasteiger charge is -2.07. The number of sulfone groups is 1.